The minimum Gasteiger partial charge on any atom is -0.497 e. The summed E-state index contributed by atoms with van der Waals surface area (Å²) in [6, 6.07) is 10.4. The third kappa shape index (κ3) is 4.66. The van der Waals surface area contributed by atoms with E-state index in [9.17, 15) is 4.79 Å². The van der Waals surface area contributed by atoms with Gasteiger partial charge < -0.3 is 19.9 Å². The number of hydrogen-bond acceptors (Lipinski definition) is 4. The molecular weight excluding hydrogens is 334 g/mol. The summed E-state index contributed by atoms with van der Waals surface area (Å²) in [5.74, 6) is 0.861. The van der Waals surface area contributed by atoms with Gasteiger partial charge in [0, 0.05) is 44.0 Å². The average Bonchev–Trinajstić information content (AvgIpc) is 3.14. The molecule has 2 heterocycles. The van der Waals surface area contributed by atoms with E-state index in [2.05, 4.69) is 40.0 Å². The largest absolute Gasteiger partial charge is 0.497 e. The summed E-state index contributed by atoms with van der Waals surface area (Å²) in [5.41, 5.74) is 2.42. The number of hydrogen-bond donors (Lipinski definition) is 1. The Labute approximate surface area is 153 Å². The van der Waals surface area contributed by atoms with Crippen LogP contribution in [0.1, 0.15) is 12.5 Å². The number of nitrogens with zero attached hydrogens (tertiary/aromatic N) is 2. The molecule has 3 rings (SSSR count). The normalized spacial score (nSPS) is 15.8. The molecule has 1 atom stereocenters. The summed E-state index contributed by atoms with van der Waals surface area (Å²) >= 11 is 1.69. The minimum absolute atomic E-state index is 0.0352. The zero-order valence-electron chi connectivity index (χ0n) is 14.8. The van der Waals surface area contributed by atoms with Crippen LogP contribution in [0.2, 0.25) is 0 Å². The van der Waals surface area contributed by atoms with Gasteiger partial charge in [-0.3, -0.25) is 0 Å². The molecule has 1 N–H and O–H groups in total. The predicted molar refractivity (Wildman–Crippen MR) is 103 cm³/mol. The maximum Gasteiger partial charge on any atom is 0.317 e. The van der Waals surface area contributed by atoms with Crippen molar-refractivity contribution in [1.82, 2.24) is 10.2 Å². The summed E-state index contributed by atoms with van der Waals surface area (Å²) < 4.78 is 5.29. The van der Waals surface area contributed by atoms with Gasteiger partial charge in [0.1, 0.15) is 5.75 Å². The quantitative estimate of drug-likeness (QED) is 0.891. The number of carbonyl (C=O) groups is 1. The molecule has 1 aliphatic heterocycles. The van der Waals surface area contributed by atoms with E-state index in [1.807, 2.05) is 23.1 Å². The fourth-order valence-corrected chi connectivity index (χ4v) is 3.77. The molecule has 1 fully saturated rings. The smallest absolute Gasteiger partial charge is 0.317 e. The number of anilines is 1. The molecule has 6 heteroatoms. The highest BCUT2D eigenvalue weighted by atomic mass is 32.1. The van der Waals surface area contributed by atoms with Gasteiger partial charge in [0.25, 0.3) is 0 Å². The summed E-state index contributed by atoms with van der Waals surface area (Å²) in [5, 5.41) is 7.32. The maximum atomic E-state index is 12.5. The van der Waals surface area contributed by atoms with Gasteiger partial charge in [0.2, 0.25) is 0 Å². The van der Waals surface area contributed by atoms with E-state index in [1.54, 1.807) is 18.4 Å². The van der Waals surface area contributed by atoms with E-state index in [-0.39, 0.29) is 12.1 Å². The Morgan fingerprint density at radius 3 is 2.76 bits per heavy atom. The van der Waals surface area contributed by atoms with Crippen LogP contribution in [0.15, 0.2) is 41.1 Å². The molecule has 5 nitrogen and oxygen atoms in total. The van der Waals surface area contributed by atoms with Gasteiger partial charge in [-0.1, -0.05) is 6.07 Å². The van der Waals surface area contributed by atoms with Crippen LogP contribution >= 0.6 is 11.3 Å². The van der Waals surface area contributed by atoms with Gasteiger partial charge in [-0.15, -0.1) is 0 Å². The van der Waals surface area contributed by atoms with Crippen molar-refractivity contribution in [2.45, 2.75) is 19.4 Å². The zero-order chi connectivity index (χ0) is 17.6. The maximum absolute atomic E-state index is 12.5. The van der Waals surface area contributed by atoms with Crippen molar-refractivity contribution in [3.63, 3.8) is 0 Å². The molecule has 0 bridgehead atoms. The van der Waals surface area contributed by atoms with Crippen LogP contribution in [0.25, 0.3) is 0 Å². The number of nitrogens with one attached hydrogen (secondary N) is 1. The first kappa shape index (κ1) is 17.6. The lowest BCUT2D eigenvalue weighted by Gasteiger charge is -2.36. The monoisotopic (exact) mass is 359 g/mol. The molecule has 0 spiro atoms. The van der Waals surface area contributed by atoms with Crippen LogP contribution in [-0.4, -0.2) is 50.3 Å². The van der Waals surface area contributed by atoms with Crippen LogP contribution in [-0.2, 0) is 6.42 Å². The third-order valence-corrected chi connectivity index (χ3v) is 5.21. The van der Waals surface area contributed by atoms with Crippen molar-refractivity contribution >= 4 is 23.1 Å². The van der Waals surface area contributed by atoms with E-state index >= 15 is 0 Å². The second-order valence-corrected chi connectivity index (χ2v) is 7.14. The fraction of sp³-hybridized carbons (Fsp3) is 0.421. The molecule has 2 amide bonds. The van der Waals surface area contributed by atoms with E-state index < -0.39 is 0 Å². The van der Waals surface area contributed by atoms with Crippen molar-refractivity contribution in [3.05, 3.63) is 46.7 Å². The molecule has 1 aromatic carbocycles. The molecule has 0 aliphatic carbocycles. The van der Waals surface area contributed by atoms with Crippen LogP contribution in [0, 0.1) is 0 Å². The number of rotatable bonds is 5. The average molecular weight is 359 g/mol. The molecule has 1 aliphatic rings. The molecule has 0 radical (unpaired) electrons. The van der Waals surface area contributed by atoms with Crippen molar-refractivity contribution in [2.24, 2.45) is 0 Å². The number of methoxy groups -OCH3 is 1. The van der Waals surface area contributed by atoms with E-state index in [1.165, 1.54) is 5.56 Å². The molecule has 1 saturated heterocycles. The van der Waals surface area contributed by atoms with Crippen molar-refractivity contribution in [1.29, 1.82) is 0 Å². The standard InChI is InChI=1S/C19H25N3O2S/c1-15(12-16-6-11-25-14-16)20-19(23)22-9-7-21(8-10-22)17-4-3-5-18(13-17)24-2/h3-6,11,13-15H,7-10,12H2,1-2H3,(H,20,23)/t15-/m1/s1. The minimum atomic E-state index is 0.0352. The highest BCUT2D eigenvalue weighted by molar-refractivity contribution is 7.07. The predicted octanol–water partition coefficient (Wildman–Crippen LogP) is 3.22. The first-order valence-electron chi connectivity index (χ1n) is 8.61. The second kappa shape index (κ2) is 8.25. The van der Waals surface area contributed by atoms with E-state index in [0.717, 1.165) is 44.0 Å². The Bertz CT molecular complexity index is 682. The van der Waals surface area contributed by atoms with Gasteiger partial charge >= 0.3 is 6.03 Å². The van der Waals surface area contributed by atoms with Gasteiger partial charge in [-0.25, -0.2) is 4.79 Å². The Hall–Kier alpha value is -2.21. The number of thiophene rings is 1. The molecule has 25 heavy (non-hydrogen) atoms. The van der Waals surface area contributed by atoms with Crippen molar-refractivity contribution in [3.8, 4) is 5.75 Å². The second-order valence-electron chi connectivity index (χ2n) is 6.36. The summed E-state index contributed by atoms with van der Waals surface area (Å²) in [6.07, 6.45) is 0.874. The molecule has 1 aromatic heterocycles. The highest BCUT2D eigenvalue weighted by Crippen LogP contribution is 2.22. The first-order chi connectivity index (χ1) is 12.2. The Kier molecular flexibility index (Phi) is 5.81. The van der Waals surface area contributed by atoms with Crippen LogP contribution in [0.3, 0.4) is 0 Å². The van der Waals surface area contributed by atoms with Gasteiger partial charge in [-0.2, -0.15) is 11.3 Å². The van der Waals surface area contributed by atoms with Crippen LogP contribution in [0.4, 0.5) is 10.5 Å². The fourth-order valence-electron chi connectivity index (χ4n) is 3.09. The Morgan fingerprint density at radius 2 is 2.08 bits per heavy atom. The van der Waals surface area contributed by atoms with Gasteiger partial charge in [0.05, 0.1) is 7.11 Å². The molecule has 0 saturated carbocycles. The van der Waals surface area contributed by atoms with E-state index in [4.69, 9.17) is 4.74 Å². The lowest BCUT2D eigenvalue weighted by atomic mass is 10.1. The number of carbonyl (C=O) groups excluding carboxylic acids is 1. The lowest BCUT2D eigenvalue weighted by Crippen LogP contribution is -2.53. The van der Waals surface area contributed by atoms with Gasteiger partial charge in [0.15, 0.2) is 0 Å². The number of urea groups is 1. The molecule has 0 unspecified atom stereocenters. The Morgan fingerprint density at radius 1 is 1.28 bits per heavy atom. The lowest BCUT2D eigenvalue weighted by molar-refractivity contribution is 0.191. The van der Waals surface area contributed by atoms with Crippen molar-refractivity contribution in [2.75, 3.05) is 38.2 Å². The molecular formula is C19H25N3O2S. The van der Waals surface area contributed by atoms with E-state index in [0.29, 0.717) is 0 Å². The molecule has 2 aromatic rings. The topological polar surface area (TPSA) is 44.8 Å². The van der Waals surface area contributed by atoms with Crippen LogP contribution < -0.4 is 15.0 Å². The SMILES string of the molecule is COc1cccc(N2CCN(C(=O)N[C@H](C)Cc3ccsc3)CC2)c1. The highest BCUT2D eigenvalue weighted by Gasteiger charge is 2.22. The number of benzene rings is 1. The summed E-state index contributed by atoms with van der Waals surface area (Å²) in [4.78, 5) is 16.7. The van der Waals surface area contributed by atoms with Crippen LogP contribution in [0.5, 0.6) is 5.75 Å². The number of amides is 2. The Balaban J connectivity index is 1.48. The number of ether oxygens (including phenoxy) is 1. The first-order valence-corrected chi connectivity index (χ1v) is 9.55. The molecule has 134 valence electrons. The zero-order valence-corrected chi connectivity index (χ0v) is 15.6. The summed E-state index contributed by atoms with van der Waals surface area (Å²) in [6.45, 7) is 5.18. The third-order valence-electron chi connectivity index (χ3n) is 4.48. The summed E-state index contributed by atoms with van der Waals surface area (Å²) in [7, 11) is 1.68. The number of piperazine rings is 1. The van der Waals surface area contributed by atoms with Crippen molar-refractivity contribution < 1.29 is 9.53 Å². The van der Waals surface area contributed by atoms with Gasteiger partial charge in [-0.05, 0) is 47.9 Å².